The number of aliphatic hydroxyl groups is 2. The third kappa shape index (κ3) is 6.35. The number of hydrogen-bond acceptors (Lipinski definition) is 5. The zero-order chi connectivity index (χ0) is 11.0. The third-order valence-corrected chi connectivity index (χ3v) is 1.49. The van der Waals surface area contributed by atoms with E-state index < -0.39 is 18.6 Å². The monoisotopic (exact) mass is 205 g/mol. The van der Waals surface area contributed by atoms with E-state index in [1.807, 2.05) is 5.43 Å². The van der Waals surface area contributed by atoms with Gasteiger partial charge in [0.05, 0.1) is 12.7 Å². The lowest BCUT2D eigenvalue weighted by atomic mass is 10.3. The smallest absolute Gasteiger partial charge is 0.234 e. The van der Waals surface area contributed by atoms with Crippen LogP contribution >= 0.6 is 0 Å². The molecular weight excluding hydrogens is 190 g/mol. The number of rotatable bonds is 6. The van der Waals surface area contributed by atoms with Gasteiger partial charge in [-0.1, -0.05) is 0 Å². The first kappa shape index (κ1) is 12.8. The summed E-state index contributed by atoms with van der Waals surface area (Å²) in [6, 6.07) is 0. The first-order valence-electron chi connectivity index (χ1n) is 4.15. The number of hydrogen-bond donors (Lipinski definition) is 5. The highest BCUT2D eigenvalue weighted by Gasteiger charge is 2.07. The molecule has 0 aliphatic heterocycles. The lowest BCUT2D eigenvalue weighted by Crippen LogP contribution is -2.35. The molecule has 2 amide bonds. The van der Waals surface area contributed by atoms with Crippen LogP contribution < -0.4 is 16.6 Å². The summed E-state index contributed by atoms with van der Waals surface area (Å²) in [4.78, 5) is 21.6. The molecule has 0 aliphatic rings. The SMILES string of the molecule is NNC(=O)CCC(=O)NCC(O)CO. The highest BCUT2D eigenvalue weighted by Crippen LogP contribution is 1.88. The maximum absolute atomic E-state index is 11.0. The van der Waals surface area contributed by atoms with Crippen molar-refractivity contribution >= 4 is 11.8 Å². The van der Waals surface area contributed by atoms with Gasteiger partial charge >= 0.3 is 0 Å². The molecule has 0 spiro atoms. The zero-order valence-electron chi connectivity index (χ0n) is 7.69. The Kier molecular flexibility index (Phi) is 6.63. The molecule has 0 bridgehead atoms. The molecule has 0 aromatic heterocycles. The van der Waals surface area contributed by atoms with Gasteiger partial charge in [0.2, 0.25) is 11.8 Å². The van der Waals surface area contributed by atoms with Crippen LogP contribution in [0.15, 0.2) is 0 Å². The second-order valence-corrected chi connectivity index (χ2v) is 2.71. The fourth-order valence-electron chi connectivity index (χ4n) is 0.684. The first-order valence-corrected chi connectivity index (χ1v) is 4.15. The average Bonchev–Trinajstić information content (AvgIpc) is 2.22. The Bertz CT molecular complexity index is 197. The molecular formula is C7H15N3O4. The molecule has 0 aromatic carbocycles. The Morgan fingerprint density at radius 1 is 1.29 bits per heavy atom. The van der Waals surface area contributed by atoms with E-state index in [0.717, 1.165) is 0 Å². The standard InChI is InChI=1S/C7H15N3O4/c8-10-7(14)2-1-6(13)9-3-5(12)4-11/h5,11-12H,1-4,8H2,(H,9,13)(H,10,14). The van der Waals surface area contributed by atoms with Gasteiger partial charge in [-0.3, -0.25) is 15.0 Å². The molecule has 6 N–H and O–H groups in total. The lowest BCUT2D eigenvalue weighted by molar-refractivity contribution is -0.126. The molecule has 82 valence electrons. The lowest BCUT2D eigenvalue weighted by Gasteiger charge is -2.08. The van der Waals surface area contributed by atoms with Crippen molar-refractivity contribution in [1.29, 1.82) is 0 Å². The first-order chi connectivity index (χ1) is 6.60. The molecule has 0 saturated carbocycles. The van der Waals surface area contributed by atoms with Crippen molar-refractivity contribution in [2.24, 2.45) is 5.84 Å². The quantitative estimate of drug-likeness (QED) is 0.182. The number of amides is 2. The van der Waals surface area contributed by atoms with Crippen LogP contribution in [-0.2, 0) is 9.59 Å². The number of nitrogens with one attached hydrogen (secondary N) is 2. The Morgan fingerprint density at radius 3 is 2.36 bits per heavy atom. The molecule has 0 heterocycles. The summed E-state index contributed by atoms with van der Waals surface area (Å²) in [5.74, 6) is 4.00. The van der Waals surface area contributed by atoms with E-state index in [-0.39, 0.29) is 25.3 Å². The molecule has 0 radical (unpaired) electrons. The van der Waals surface area contributed by atoms with Gasteiger partial charge in [-0.25, -0.2) is 5.84 Å². The van der Waals surface area contributed by atoms with Crippen LogP contribution in [0.3, 0.4) is 0 Å². The topological polar surface area (TPSA) is 125 Å². The number of carbonyl (C=O) groups is 2. The van der Waals surface area contributed by atoms with E-state index in [2.05, 4.69) is 5.32 Å². The van der Waals surface area contributed by atoms with E-state index >= 15 is 0 Å². The fourth-order valence-corrected chi connectivity index (χ4v) is 0.684. The summed E-state index contributed by atoms with van der Waals surface area (Å²) < 4.78 is 0. The predicted octanol–water partition coefficient (Wildman–Crippen LogP) is -2.77. The molecule has 1 unspecified atom stereocenters. The van der Waals surface area contributed by atoms with Gasteiger partial charge in [-0.15, -0.1) is 0 Å². The molecule has 7 heteroatoms. The van der Waals surface area contributed by atoms with Crippen LogP contribution in [0, 0.1) is 0 Å². The van der Waals surface area contributed by atoms with Crippen molar-refractivity contribution < 1.29 is 19.8 Å². The highest BCUT2D eigenvalue weighted by atomic mass is 16.3. The molecule has 0 saturated heterocycles. The van der Waals surface area contributed by atoms with Gasteiger partial charge in [0, 0.05) is 19.4 Å². The Labute approximate surface area is 81.3 Å². The predicted molar refractivity (Wildman–Crippen MR) is 47.7 cm³/mol. The fraction of sp³-hybridized carbons (Fsp3) is 0.714. The van der Waals surface area contributed by atoms with Crippen molar-refractivity contribution in [3.63, 3.8) is 0 Å². The number of carbonyl (C=O) groups excluding carboxylic acids is 2. The van der Waals surface area contributed by atoms with E-state index in [1.165, 1.54) is 0 Å². The second kappa shape index (κ2) is 7.25. The van der Waals surface area contributed by atoms with Crippen LogP contribution in [0.1, 0.15) is 12.8 Å². The molecule has 1 atom stereocenters. The maximum Gasteiger partial charge on any atom is 0.234 e. The number of aliphatic hydroxyl groups excluding tert-OH is 2. The summed E-state index contributed by atoms with van der Waals surface area (Å²) in [7, 11) is 0. The minimum Gasteiger partial charge on any atom is -0.394 e. The van der Waals surface area contributed by atoms with E-state index in [4.69, 9.17) is 16.1 Å². The van der Waals surface area contributed by atoms with Crippen molar-refractivity contribution in [2.75, 3.05) is 13.2 Å². The summed E-state index contributed by atoms with van der Waals surface area (Å²) in [5, 5.41) is 19.6. The van der Waals surface area contributed by atoms with Gasteiger partial charge in [-0.05, 0) is 0 Å². The van der Waals surface area contributed by atoms with Gasteiger partial charge < -0.3 is 15.5 Å². The van der Waals surface area contributed by atoms with Crippen LogP contribution in [0.2, 0.25) is 0 Å². The molecule has 7 nitrogen and oxygen atoms in total. The molecule has 0 fully saturated rings. The molecule has 14 heavy (non-hydrogen) atoms. The third-order valence-electron chi connectivity index (χ3n) is 1.49. The largest absolute Gasteiger partial charge is 0.394 e. The van der Waals surface area contributed by atoms with Gasteiger partial charge in [0.25, 0.3) is 0 Å². The van der Waals surface area contributed by atoms with Gasteiger partial charge in [0.15, 0.2) is 0 Å². The molecule has 0 rings (SSSR count). The van der Waals surface area contributed by atoms with Crippen LogP contribution in [-0.4, -0.2) is 41.3 Å². The Balaban J connectivity index is 3.51. The van der Waals surface area contributed by atoms with Gasteiger partial charge in [0.1, 0.15) is 0 Å². The Hall–Kier alpha value is -1.18. The van der Waals surface area contributed by atoms with Crippen molar-refractivity contribution in [3.8, 4) is 0 Å². The van der Waals surface area contributed by atoms with E-state index in [0.29, 0.717) is 0 Å². The summed E-state index contributed by atoms with van der Waals surface area (Å²) in [6.45, 7) is -0.441. The van der Waals surface area contributed by atoms with Crippen molar-refractivity contribution in [3.05, 3.63) is 0 Å². The zero-order valence-corrected chi connectivity index (χ0v) is 7.69. The number of hydrazine groups is 1. The van der Waals surface area contributed by atoms with Gasteiger partial charge in [-0.2, -0.15) is 0 Å². The average molecular weight is 205 g/mol. The second-order valence-electron chi connectivity index (χ2n) is 2.71. The summed E-state index contributed by atoms with van der Waals surface area (Å²) >= 11 is 0. The van der Waals surface area contributed by atoms with Crippen LogP contribution in [0.25, 0.3) is 0 Å². The summed E-state index contributed by atoms with van der Waals surface area (Å²) in [5.41, 5.74) is 1.89. The van der Waals surface area contributed by atoms with Crippen LogP contribution in [0.5, 0.6) is 0 Å². The summed E-state index contributed by atoms with van der Waals surface area (Å²) in [6.07, 6.45) is -0.971. The molecule has 0 aromatic rings. The van der Waals surface area contributed by atoms with E-state index in [9.17, 15) is 9.59 Å². The van der Waals surface area contributed by atoms with Crippen molar-refractivity contribution in [1.82, 2.24) is 10.7 Å². The van der Waals surface area contributed by atoms with Crippen molar-refractivity contribution in [2.45, 2.75) is 18.9 Å². The highest BCUT2D eigenvalue weighted by molar-refractivity contribution is 5.83. The number of nitrogens with two attached hydrogens (primary N) is 1. The minimum absolute atomic E-state index is 0.00117. The normalized spacial score (nSPS) is 11.9. The van der Waals surface area contributed by atoms with Crippen LogP contribution in [0.4, 0.5) is 0 Å². The Morgan fingerprint density at radius 2 is 1.86 bits per heavy atom. The maximum atomic E-state index is 11.0. The molecule has 0 aliphatic carbocycles. The minimum atomic E-state index is -0.970. The van der Waals surface area contributed by atoms with E-state index in [1.54, 1.807) is 0 Å².